The molecule has 1 aliphatic rings. The lowest BCUT2D eigenvalue weighted by Crippen LogP contribution is -2.34. The second-order valence-corrected chi connectivity index (χ2v) is 6.19. The zero-order valence-corrected chi connectivity index (χ0v) is 13.4. The summed E-state index contributed by atoms with van der Waals surface area (Å²) in [5, 5.41) is 3.22. The van der Waals surface area contributed by atoms with E-state index in [9.17, 15) is 13.2 Å². The Morgan fingerprint density at radius 2 is 2.14 bits per heavy atom. The predicted molar refractivity (Wildman–Crippen MR) is 80.4 cm³/mol. The Kier molecular flexibility index (Phi) is 5.54. The number of anilines is 1. The molecule has 6 heteroatoms. The molecule has 0 saturated carbocycles. The summed E-state index contributed by atoms with van der Waals surface area (Å²) in [5.74, 6) is 0. The summed E-state index contributed by atoms with van der Waals surface area (Å²) in [7, 11) is 0. The van der Waals surface area contributed by atoms with Gasteiger partial charge < -0.3 is 10.1 Å². The lowest BCUT2D eigenvalue weighted by Gasteiger charge is -2.31. The number of nitrogens with one attached hydrogen (secondary N) is 1. The van der Waals surface area contributed by atoms with Crippen LogP contribution in [-0.2, 0) is 10.9 Å². The Labute approximate surface area is 131 Å². The number of halogens is 4. The van der Waals surface area contributed by atoms with Crippen molar-refractivity contribution in [1.29, 1.82) is 0 Å². The van der Waals surface area contributed by atoms with E-state index >= 15 is 0 Å². The third kappa shape index (κ3) is 4.61. The van der Waals surface area contributed by atoms with E-state index < -0.39 is 11.7 Å². The van der Waals surface area contributed by atoms with Gasteiger partial charge in [0.05, 0.1) is 11.7 Å². The zero-order chi connectivity index (χ0) is 15.5. The van der Waals surface area contributed by atoms with Gasteiger partial charge in [-0.15, -0.1) is 0 Å². The summed E-state index contributed by atoms with van der Waals surface area (Å²) in [4.78, 5) is 0. The molecule has 1 fully saturated rings. The number of hydrogen-bond donors (Lipinski definition) is 1. The Morgan fingerprint density at radius 3 is 2.81 bits per heavy atom. The van der Waals surface area contributed by atoms with E-state index in [2.05, 4.69) is 28.2 Å². The van der Waals surface area contributed by atoms with Gasteiger partial charge in [0.25, 0.3) is 0 Å². The van der Waals surface area contributed by atoms with Crippen LogP contribution in [0.2, 0.25) is 0 Å². The highest BCUT2D eigenvalue weighted by Crippen LogP contribution is 2.35. The number of benzene rings is 1. The Bertz CT molecular complexity index is 476. The van der Waals surface area contributed by atoms with Gasteiger partial charge in [0.1, 0.15) is 0 Å². The normalized spacial score (nSPS) is 23.1. The van der Waals surface area contributed by atoms with Crippen molar-refractivity contribution >= 4 is 21.6 Å². The monoisotopic (exact) mass is 365 g/mol. The van der Waals surface area contributed by atoms with Crippen molar-refractivity contribution in [1.82, 2.24) is 0 Å². The standard InChI is InChI=1S/C15H19BrF3NO/c1-2-3-12-9-11(6-7-21-12)20-14-8-10(15(17,18)19)4-5-13(14)16/h4-5,8,11-12,20H,2-3,6-7,9H2,1H3. The minimum atomic E-state index is -4.32. The molecule has 1 aliphatic heterocycles. The molecular weight excluding hydrogens is 347 g/mol. The van der Waals surface area contributed by atoms with Crippen molar-refractivity contribution in [3.63, 3.8) is 0 Å². The molecule has 1 aromatic rings. The van der Waals surface area contributed by atoms with Gasteiger partial charge in [-0.05, 0) is 53.4 Å². The molecule has 118 valence electrons. The van der Waals surface area contributed by atoms with Crippen molar-refractivity contribution in [3.05, 3.63) is 28.2 Å². The first-order valence-corrected chi connectivity index (χ1v) is 7.94. The van der Waals surface area contributed by atoms with Crippen LogP contribution in [0.4, 0.5) is 18.9 Å². The van der Waals surface area contributed by atoms with Crippen LogP contribution >= 0.6 is 15.9 Å². The molecule has 2 rings (SSSR count). The van der Waals surface area contributed by atoms with Crippen LogP contribution in [0.1, 0.15) is 38.2 Å². The number of rotatable bonds is 4. The minimum absolute atomic E-state index is 0.148. The third-order valence-corrected chi connectivity index (χ3v) is 4.32. The van der Waals surface area contributed by atoms with E-state index in [4.69, 9.17) is 4.74 Å². The SMILES string of the molecule is CCCC1CC(Nc2cc(C(F)(F)F)ccc2Br)CCO1. The van der Waals surface area contributed by atoms with Crippen LogP contribution in [0, 0.1) is 0 Å². The highest BCUT2D eigenvalue weighted by molar-refractivity contribution is 9.10. The van der Waals surface area contributed by atoms with Gasteiger partial charge >= 0.3 is 6.18 Å². The summed E-state index contributed by atoms with van der Waals surface area (Å²) < 4.78 is 44.6. The van der Waals surface area contributed by atoms with Crippen LogP contribution < -0.4 is 5.32 Å². The Morgan fingerprint density at radius 1 is 1.38 bits per heavy atom. The molecule has 2 atom stereocenters. The lowest BCUT2D eigenvalue weighted by atomic mass is 9.99. The molecule has 0 spiro atoms. The van der Waals surface area contributed by atoms with Crippen LogP contribution in [0.3, 0.4) is 0 Å². The summed E-state index contributed by atoms with van der Waals surface area (Å²) >= 11 is 3.31. The zero-order valence-electron chi connectivity index (χ0n) is 11.8. The number of ether oxygens (including phenoxy) is 1. The van der Waals surface area contributed by atoms with Gasteiger partial charge in [-0.1, -0.05) is 13.3 Å². The van der Waals surface area contributed by atoms with Crippen molar-refractivity contribution < 1.29 is 17.9 Å². The highest BCUT2D eigenvalue weighted by atomic mass is 79.9. The molecule has 1 aromatic carbocycles. The fraction of sp³-hybridized carbons (Fsp3) is 0.600. The summed E-state index contributed by atoms with van der Waals surface area (Å²) in [5.41, 5.74) is -0.141. The maximum atomic E-state index is 12.8. The number of hydrogen-bond acceptors (Lipinski definition) is 2. The van der Waals surface area contributed by atoms with Gasteiger partial charge in [-0.3, -0.25) is 0 Å². The first kappa shape index (κ1) is 16.6. The third-order valence-electron chi connectivity index (χ3n) is 3.63. The minimum Gasteiger partial charge on any atom is -0.381 e. The first-order chi connectivity index (χ1) is 9.90. The summed E-state index contributed by atoms with van der Waals surface area (Å²) in [6, 6.07) is 3.83. The molecule has 0 radical (unpaired) electrons. The average Bonchev–Trinajstić information content (AvgIpc) is 2.41. The van der Waals surface area contributed by atoms with E-state index in [-0.39, 0.29) is 12.1 Å². The van der Waals surface area contributed by atoms with Crippen molar-refractivity contribution in [3.8, 4) is 0 Å². The van der Waals surface area contributed by atoms with Crippen molar-refractivity contribution in [2.24, 2.45) is 0 Å². The molecule has 1 heterocycles. The van der Waals surface area contributed by atoms with Gasteiger partial charge in [0, 0.05) is 22.8 Å². The predicted octanol–water partition coefficient (Wildman–Crippen LogP) is 5.23. The van der Waals surface area contributed by atoms with Crippen LogP contribution in [0.15, 0.2) is 22.7 Å². The fourth-order valence-electron chi connectivity index (χ4n) is 2.57. The lowest BCUT2D eigenvalue weighted by molar-refractivity contribution is -0.137. The van der Waals surface area contributed by atoms with Crippen LogP contribution in [-0.4, -0.2) is 18.8 Å². The summed E-state index contributed by atoms with van der Waals surface area (Å²) in [6.07, 6.45) is -0.449. The maximum absolute atomic E-state index is 12.8. The Hall–Kier alpha value is -0.750. The van der Waals surface area contributed by atoms with Crippen LogP contribution in [0.25, 0.3) is 0 Å². The molecule has 1 saturated heterocycles. The molecule has 0 aromatic heterocycles. The molecule has 0 bridgehead atoms. The van der Waals surface area contributed by atoms with E-state index in [1.54, 1.807) is 0 Å². The Balaban J connectivity index is 2.08. The molecular formula is C15H19BrF3NO. The number of alkyl halides is 3. The molecule has 0 aliphatic carbocycles. The van der Waals surface area contributed by atoms with Crippen LogP contribution in [0.5, 0.6) is 0 Å². The van der Waals surface area contributed by atoms with E-state index in [1.807, 2.05) is 0 Å². The largest absolute Gasteiger partial charge is 0.416 e. The molecule has 21 heavy (non-hydrogen) atoms. The molecule has 0 amide bonds. The molecule has 1 N–H and O–H groups in total. The fourth-order valence-corrected chi connectivity index (χ4v) is 2.93. The van der Waals surface area contributed by atoms with E-state index in [0.29, 0.717) is 16.8 Å². The second-order valence-electron chi connectivity index (χ2n) is 5.34. The smallest absolute Gasteiger partial charge is 0.381 e. The average molecular weight is 366 g/mol. The maximum Gasteiger partial charge on any atom is 0.416 e. The van der Waals surface area contributed by atoms with Crippen molar-refractivity contribution in [2.45, 2.75) is 50.9 Å². The highest BCUT2D eigenvalue weighted by Gasteiger charge is 2.31. The molecule has 2 nitrogen and oxygen atoms in total. The molecule has 2 unspecified atom stereocenters. The van der Waals surface area contributed by atoms with Gasteiger partial charge in [-0.2, -0.15) is 13.2 Å². The summed E-state index contributed by atoms with van der Waals surface area (Å²) in [6.45, 7) is 2.75. The first-order valence-electron chi connectivity index (χ1n) is 7.15. The van der Waals surface area contributed by atoms with Gasteiger partial charge in [-0.25, -0.2) is 0 Å². The van der Waals surface area contributed by atoms with Gasteiger partial charge in [0.2, 0.25) is 0 Å². The topological polar surface area (TPSA) is 21.3 Å². The van der Waals surface area contributed by atoms with Gasteiger partial charge in [0.15, 0.2) is 0 Å². The van der Waals surface area contributed by atoms with E-state index in [1.165, 1.54) is 6.07 Å². The second kappa shape index (κ2) is 7.01. The van der Waals surface area contributed by atoms with E-state index in [0.717, 1.165) is 37.8 Å². The van der Waals surface area contributed by atoms with Crippen molar-refractivity contribution in [2.75, 3.05) is 11.9 Å². The quantitative estimate of drug-likeness (QED) is 0.788.